The normalized spacial score (nSPS) is 12.5. The van der Waals surface area contributed by atoms with Crippen LogP contribution in [0.5, 0.6) is 5.75 Å². The van der Waals surface area contributed by atoms with Crippen LogP contribution in [0.4, 0.5) is 27.1 Å². The zero-order valence-corrected chi connectivity index (χ0v) is 19.4. The van der Waals surface area contributed by atoms with Gasteiger partial charge in [0.1, 0.15) is 26.9 Å². The van der Waals surface area contributed by atoms with Gasteiger partial charge in [0.25, 0.3) is 20.2 Å². The lowest BCUT2D eigenvalue weighted by molar-refractivity contribution is -0.432. The Balaban J connectivity index is 2.28. The lowest BCUT2D eigenvalue weighted by Crippen LogP contribution is -2.04. The number of phenolic OH excluding ortho intramolecular Hbond substituents is 1. The second-order valence-electron chi connectivity index (χ2n) is 6.55. The molecule has 35 heavy (non-hydrogen) atoms. The van der Waals surface area contributed by atoms with Crippen LogP contribution in [0.3, 0.4) is 0 Å². The Morgan fingerprint density at radius 3 is 2.31 bits per heavy atom. The Kier molecular flexibility index (Phi) is 7.77. The molecule has 0 bridgehead atoms. The molecule has 0 radical (unpaired) electrons. The topological polar surface area (TPSA) is 230 Å². The molecule has 0 atom stereocenters. The first kappa shape index (κ1) is 26.5. The largest absolute Gasteiger partial charge is 0.507 e. The molecule has 7 N–H and O–H groups in total. The highest BCUT2D eigenvalue weighted by atomic mass is 32.2. The van der Waals surface area contributed by atoms with E-state index in [1.165, 1.54) is 12.1 Å². The molecule has 3 aromatic rings. The van der Waals surface area contributed by atoms with E-state index in [1.807, 2.05) is 0 Å². The maximum absolute atomic E-state index is 12.5. The van der Waals surface area contributed by atoms with Crippen molar-refractivity contribution in [2.45, 2.75) is 14.7 Å². The minimum Gasteiger partial charge on any atom is -0.507 e. The van der Waals surface area contributed by atoms with Crippen molar-refractivity contribution in [3.05, 3.63) is 36.4 Å². The van der Waals surface area contributed by atoms with Crippen LogP contribution in [-0.2, 0) is 29.6 Å². The van der Waals surface area contributed by atoms with Crippen LogP contribution in [0.25, 0.3) is 10.8 Å². The Morgan fingerprint density at radius 1 is 1.03 bits per heavy atom. The SMILES string of the molecule is Nc1c(S(=O)(=O)O)cc2cc(SOOO)cc(O)c2c1/N=N/c1ccc(NCF)cc1S(=O)(=O)O. The van der Waals surface area contributed by atoms with E-state index >= 15 is 0 Å². The average molecular weight is 551 g/mol. The van der Waals surface area contributed by atoms with Crippen molar-refractivity contribution in [2.24, 2.45) is 10.2 Å². The summed E-state index contributed by atoms with van der Waals surface area (Å²) in [5, 5.41) is 31.8. The molecule has 3 rings (SSSR count). The molecule has 0 aromatic heterocycles. The van der Waals surface area contributed by atoms with Gasteiger partial charge < -0.3 is 16.2 Å². The van der Waals surface area contributed by atoms with Crippen molar-refractivity contribution < 1.29 is 50.1 Å². The van der Waals surface area contributed by atoms with Crippen molar-refractivity contribution in [1.29, 1.82) is 0 Å². The fraction of sp³-hybridized carbons (Fsp3) is 0.0588. The van der Waals surface area contributed by atoms with Gasteiger partial charge in [-0.1, -0.05) is 5.04 Å². The van der Waals surface area contributed by atoms with Crippen molar-refractivity contribution in [3.8, 4) is 5.75 Å². The van der Waals surface area contributed by atoms with Gasteiger partial charge in [0.2, 0.25) is 0 Å². The highest BCUT2D eigenvalue weighted by Gasteiger charge is 2.23. The average Bonchev–Trinajstić information content (AvgIpc) is 2.76. The predicted octanol–water partition coefficient (Wildman–Crippen LogP) is 3.80. The van der Waals surface area contributed by atoms with E-state index in [-0.39, 0.29) is 21.4 Å². The zero-order valence-electron chi connectivity index (χ0n) is 17.0. The van der Waals surface area contributed by atoms with Gasteiger partial charge in [-0.05, 0) is 41.8 Å². The molecule has 0 saturated heterocycles. The lowest BCUT2D eigenvalue weighted by atomic mass is 10.1. The van der Waals surface area contributed by atoms with Crippen LogP contribution in [-0.4, -0.2) is 43.1 Å². The number of alkyl halides is 1. The lowest BCUT2D eigenvalue weighted by Gasteiger charge is -2.12. The maximum atomic E-state index is 12.5. The fourth-order valence-electron chi connectivity index (χ4n) is 2.98. The number of nitrogens with one attached hydrogen (secondary N) is 1. The molecule has 14 nitrogen and oxygen atoms in total. The number of rotatable bonds is 9. The number of hydrogen-bond acceptors (Lipinski definition) is 13. The second kappa shape index (κ2) is 10.3. The van der Waals surface area contributed by atoms with Crippen molar-refractivity contribution in [2.75, 3.05) is 17.8 Å². The monoisotopic (exact) mass is 550 g/mol. The van der Waals surface area contributed by atoms with Crippen LogP contribution < -0.4 is 11.1 Å². The molecular formula is C17H15FN4O10S3. The first-order valence-corrected chi connectivity index (χ1v) is 12.5. The Bertz CT molecular complexity index is 1530. The maximum Gasteiger partial charge on any atom is 0.296 e. The molecule has 0 aliphatic carbocycles. The molecule has 0 unspecified atom stereocenters. The summed E-state index contributed by atoms with van der Waals surface area (Å²) in [6.45, 7) is -1.04. The third-order valence-electron chi connectivity index (χ3n) is 4.37. The van der Waals surface area contributed by atoms with E-state index in [0.717, 1.165) is 24.3 Å². The molecule has 3 aromatic carbocycles. The number of hydrogen-bond donors (Lipinski definition) is 6. The van der Waals surface area contributed by atoms with Gasteiger partial charge in [-0.25, -0.2) is 9.65 Å². The quantitative estimate of drug-likeness (QED) is 0.0424. The molecule has 0 aliphatic heterocycles. The summed E-state index contributed by atoms with van der Waals surface area (Å²) < 4.78 is 83.2. The summed E-state index contributed by atoms with van der Waals surface area (Å²) in [4.78, 5) is -1.46. The standard InChI is InChI=1S/C17H15FN4O10S3/c18-7-20-9-1-2-11(13(5-9)34(25,26)27)21-22-17-15-8(4-14(16(17)19)35(28,29)30)3-10(6-12(15)23)33-32-31-24/h1-6,20,23-24H,7,19H2,(H,25,26,27)(H,28,29,30)/b22-21+. The van der Waals surface area contributed by atoms with Gasteiger partial charge in [-0.2, -0.15) is 16.8 Å². The van der Waals surface area contributed by atoms with Crippen molar-refractivity contribution in [3.63, 3.8) is 0 Å². The van der Waals surface area contributed by atoms with Crippen LogP contribution in [0, 0.1) is 0 Å². The van der Waals surface area contributed by atoms with Gasteiger partial charge in [-0.15, -0.1) is 14.6 Å². The van der Waals surface area contributed by atoms with Crippen molar-refractivity contribution >= 4 is 65.8 Å². The third kappa shape index (κ3) is 5.94. The summed E-state index contributed by atoms with van der Waals surface area (Å²) in [5.74, 6) is -0.522. The van der Waals surface area contributed by atoms with E-state index in [2.05, 4.69) is 24.9 Å². The summed E-state index contributed by atoms with van der Waals surface area (Å²) in [5.41, 5.74) is 4.30. The second-order valence-corrected chi connectivity index (χ2v) is 10.1. The number of nitrogens with zero attached hydrogens (tertiary/aromatic N) is 2. The number of phenols is 1. The number of fused-ring (bicyclic) bond motifs is 1. The number of benzene rings is 3. The molecule has 0 saturated carbocycles. The molecule has 0 heterocycles. The smallest absolute Gasteiger partial charge is 0.296 e. The number of anilines is 2. The third-order valence-corrected chi connectivity index (χ3v) is 6.70. The molecule has 0 fully saturated rings. The summed E-state index contributed by atoms with van der Waals surface area (Å²) in [6.07, 6.45) is 0. The van der Waals surface area contributed by atoms with Crippen LogP contribution in [0.15, 0.2) is 61.3 Å². The number of halogens is 1. The highest BCUT2D eigenvalue weighted by Crippen LogP contribution is 2.44. The molecule has 188 valence electrons. The van der Waals surface area contributed by atoms with Crippen LogP contribution in [0.2, 0.25) is 0 Å². The van der Waals surface area contributed by atoms with Gasteiger partial charge >= 0.3 is 0 Å². The molecule has 0 aliphatic rings. The van der Waals surface area contributed by atoms with Gasteiger partial charge in [0.15, 0.2) is 6.80 Å². The number of nitrogen functional groups attached to an aromatic ring is 1. The van der Waals surface area contributed by atoms with E-state index < -0.39 is 59.6 Å². The minimum absolute atomic E-state index is 0.00541. The van der Waals surface area contributed by atoms with E-state index in [4.69, 9.17) is 11.0 Å². The summed E-state index contributed by atoms with van der Waals surface area (Å²) in [6, 6.07) is 6.46. The van der Waals surface area contributed by atoms with Crippen molar-refractivity contribution in [1.82, 2.24) is 0 Å². The first-order valence-electron chi connectivity index (χ1n) is 8.91. The van der Waals surface area contributed by atoms with E-state index in [0.29, 0.717) is 12.0 Å². The van der Waals surface area contributed by atoms with E-state index in [1.54, 1.807) is 0 Å². The number of aromatic hydroxyl groups is 1. The van der Waals surface area contributed by atoms with E-state index in [9.17, 15) is 35.4 Å². The van der Waals surface area contributed by atoms with Gasteiger partial charge in [0, 0.05) is 10.6 Å². The Morgan fingerprint density at radius 2 is 1.71 bits per heavy atom. The van der Waals surface area contributed by atoms with Crippen LogP contribution >= 0.6 is 12.0 Å². The van der Waals surface area contributed by atoms with Crippen LogP contribution in [0.1, 0.15) is 0 Å². The Labute approximate surface area is 200 Å². The predicted molar refractivity (Wildman–Crippen MR) is 121 cm³/mol. The Hall–Kier alpha value is -3.10. The zero-order chi connectivity index (χ0) is 26.0. The number of azo groups is 1. The fourth-order valence-corrected chi connectivity index (χ4v) is 4.72. The molecule has 0 amide bonds. The highest BCUT2D eigenvalue weighted by molar-refractivity contribution is 7.94. The number of nitrogens with two attached hydrogens (primary N) is 1. The van der Waals surface area contributed by atoms with Gasteiger partial charge in [0.05, 0.1) is 23.1 Å². The molecule has 0 spiro atoms. The molecular weight excluding hydrogens is 535 g/mol. The molecule has 18 heteroatoms. The van der Waals surface area contributed by atoms with Gasteiger partial charge in [-0.3, -0.25) is 9.11 Å². The first-order chi connectivity index (χ1) is 16.4. The summed E-state index contributed by atoms with van der Waals surface area (Å²) >= 11 is 0.436. The summed E-state index contributed by atoms with van der Waals surface area (Å²) in [7, 11) is -9.77. The minimum atomic E-state index is -4.91.